The van der Waals surface area contributed by atoms with Gasteiger partial charge < -0.3 is 9.47 Å². The minimum Gasteiger partial charge on any atom is -0.473 e. The zero-order valence-electron chi connectivity index (χ0n) is 15.3. The van der Waals surface area contributed by atoms with Crippen LogP contribution in [0, 0.1) is 27.6 Å². The highest BCUT2D eigenvalue weighted by atomic mass is 19.2. The number of carbonyl (C=O) groups excluding carboxylic acids is 1. The van der Waals surface area contributed by atoms with Crippen molar-refractivity contribution in [3.05, 3.63) is 92.4 Å². The van der Waals surface area contributed by atoms with Crippen molar-refractivity contribution in [3.63, 3.8) is 0 Å². The van der Waals surface area contributed by atoms with Crippen LogP contribution in [0.2, 0.25) is 0 Å². The lowest BCUT2D eigenvalue weighted by Gasteiger charge is -2.25. The molecule has 0 spiro atoms. The number of methoxy groups -OCH3 is 1. The minimum atomic E-state index is -1.63. The first-order valence-corrected chi connectivity index (χ1v) is 8.63. The van der Waals surface area contributed by atoms with Crippen LogP contribution in [0.1, 0.15) is 27.6 Å². The second-order valence-electron chi connectivity index (χ2n) is 6.49. The summed E-state index contributed by atoms with van der Waals surface area (Å²) in [6.07, 6.45) is -0.515. The molecule has 6 nitrogen and oxygen atoms in total. The first-order valence-electron chi connectivity index (χ1n) is 8.63. The molecule has 9 heteroatoms. The fourth-order valence-corrected chi connectivity index (χ4v) is 3.41. The van der Waals surface area contributed by atoms with Crippen LogP contribution in [-0.4, -0.2) is 18.0 Å². The van der Waals surface area contributed by atoms with E-state index in [1.54, 1.807) is 24.3 Å². The third kappa shape index (κ3) is 3.04. The zero-order valence-corrected chi connectivity index (χ0v) is 15.3. The largest absolute Gasteiger partial charge is 0.473 e. The van der Waals surface area contributed by atoms with Gasteiger partial charge in [0.15, 0.2) is 11.6 Å². The maximum Gasteiger partial charge on any atom is 0.338 e. The van der Waals surface area contributed by atoms with E-state index in [-0.39, 0.29) is 16.9 Å². The molecule has 1 atom stereocenters. The molecule has 1 aliphatic rings. The molecule has 3 aromatic rings. The van der Waals surface area contributed by atoms with Crippen molar-refractivity contribution in [2.24, 2.45) is 0 Å². The molecule has 0 amide bonds. The lowest BCUT2D eigenvalue weighted by molar-refractivity contribution is -0.434. The predicted molar refractivity (Wildman–Crippen MR) is 99.9 cm³/mol. The van der Waals surface area contributed by atoms with Gasteiger partial charge in [-0.1, -0.05) is 24.3 Å². The Balaban J connectivity index is 1.98. The van der Waals surface area contributed by atoms with Gasteiger partial charge in [-0.15, -0.1) is 0 Å². The van der Waals surface area contributed by atoms with E-state index in [1.807, 2.05) is 0 Å². The predicted octanol–water partition coefficient (Wildman–Crippen LogP) is 4.80. The highest BCUT2D eigenvalue weighted by Gasteiger charge is 2.37. The summed E-state index contributed by atoms with van der Waals surface area (Å²) in [5.41, 5.74) is -0.769. The molecule has 0 aliphatic carbocycles. The second-order valence-corrected chi connectivity index (χ2v) is 6.49. The van der Waals surface area contributed by atoms with Gasteiger partial charge in [-0.25, -0.2) is 18.0 Å². The van der Waals surface area contributed by atoms with E-state index >= 15 is 0 Å². The summed E-state index contributed by atoms with van der Waals surface area (Å²) >= 11 is 0. The van der Waals surface area contributed by atoms with Crippen molar-refractivity contribution in [1.82, 2.24) is 0 Å². The van der Waals surface area contributed by atoms with Crippen LogP contribution in [0.15, 0.2) is 48.2 Å². The molecule has 3 aromatic carbocycles. The Hall–Kier alpha value is -3.88. The topological polar surface area (TPSA) is 78.7 Å². The molecular formula is C21H12F3NO5. The maximum absolute atomic E-state index is 14.4. The van der Waals surface area contributed by atoms with Crippen LogP contribution in [0.4, 0.5) is 13.2 Å². The Morgan fingerprint density at radius 3 is 2.40 bits per heavy atom. The zero-order chi connectivity index (χ0) is 21.6. The van der Waals surface area contributed by atoms with Crippen molar-refractivity contribution in [2.75, 3.05) is 7.11 Å². The first kappa shape index (κ1) is 19.4. The Morgan fingerprint density at radius 2 is 1.73 bits per heavy atom. The summed E-state index contributed by atoms with van der Waals surface area (Å²) in [5, 5.41) is 12.5. The number of halogens is 3. The van der Waals surface area contributed by atoms with E-state index in [0.29, 0.717) is 22.9 Å². The normalized spacial score (nSPS) is 15.2. The highest BCUT2D eigenvalue weighted by Crippen LogP contribution is 2.43. The lowest BCUT2D eigenvalue weighted by Crippen LogP contribution is -2.22. The van der Waals surface area contributed by atoms with Crippen LogP contribution in [-0.2, 0) is 4.74 Å². The molecule has 0 fully saturated rings. The lowest BCUT2D eigenvalue weighted by atomic mass is 9.94. The molecule has 4 rings (SSSR count). The third-order valence-electron chi connectivity index (χ3n) is 4.77. The molecular weight excluding hydrogens is 403 g/mol. The first-order chi connectivity index (χ1) is 14.3. The maximum atomic E-state index is 14.4. The van der Waals surface area contributed by atoms with Crippen molar-refractivity contribution < 1.29 is 32.4 Å². The monoisotopic (exact) mass is 415 g/mol. The van der Waals surface area contributed by atoms with Gasteiger partial charge in [0.2, 0.25) is 6.10 Å². The molecule has 0 bridgehead atoms. The van der Waals surface area contributed by atoms with Crippen molar-refractivity contribution in [2.45, 2.75) is 6.10 Å². The fourth-order valence-electron chi connectivity index (χ4n) is 3.41. The van der Waals surface area contributed by atoms with E-state index in [4.69, 9.17) is 9.47 Å². The smallest absolute Gasteiger partial charge is 0.338 e. The number of hydrogen-bond acceptors (Lipinski definition) is 5. The number of benzene rings is 3. The van der Waals surface area contributed by atoms with Gasteiger partial charge in [0.05, 0.1) is 17.6 Å². The van der Waals surface area contributed by atoms with Gasteiger partial charge in [-0.05, 0) is 17.5 Å². The fraction of sp³-hybridized carbons (Fsp3) is 0.0952. The quantitative estimate of drug-likeness (QED) is 0.266. The van der Waals surface area contributed by atoms with Crippen molar-refractivity contribution >= 4 is 22.8 Å². The molecule has 1 unspecified atom stereocenters. The highest BCUT2D eigenvalue weighted by molar-refractivity contribution is 6.08. The number of fused-ring (bicyclic) bond motifs is 3. The Bertz CT molecular complexity index is 1260. The molecule has 1 heterocycles. The van der Waals surface area contributed by atoms with E-state index in [2.05, 4.69) is 0 Å². The summed E-state index contributed by atoms with van der Waals surface area (Å²) in [4.78, 5) is 23.0. The minimum absolute atomic E-state index is 0.137. The molecule has 0 N–H and O–H groups in total. The number of ether oxygens (including phenoxy) is 2. The van der Waals surface area contributed by atoms with E-state index in [1.165, 1.54) is 13.2 Å². The van der Waals surface area contributed by atoms with Gasteiger partial charge in [0.25, 0.3) is 5.70 Å². The summed E-state index contributed by atoms with van der Waals surface area (Å²) < 4.78 is 52.0. The number of rotatable bonds is 3. The van der Waals surface area contributed by atoms with E-state index < -0.39 is 45.7 Å². The van der Waals surface area contributed by atoms with Gasteiger partial charge in [-0.2, -0.15) is 0 Å². The SMILES string of the molecule is COC(=O)c1cc2c(c3ccccc13)OC(c1cc(F)c(F)cc1F)C([N+](=O)[O-])=C2. The van der Waals surface area contributed by atoms with Gasteiger partial charge >= 0.3 is 5.97 Å². The molecule has 0 radical (unpaired) electrons. The van der Waals surface area contributed by atoms with Gasteiger partial charge in [0, 0.05) is 28.7 Å². The molecule has 0 saturated heterocycles. The number of hydrogen-bond donors (Lipinski definition) is 0. The summed E-state index contributed by atoms with van der Waals surface area (Å²) in [7, 11) is 1.20. The number of nitro groups is 1. The average molecular weight is 415 g/mol. The van der Waals surface area contributed by atoms with Crippen molar-refractivity contribution in [3.8, 4) is 5.75 Å². The summed E-state index contributed by atoms with van der Waals surface area (Å²) in [6.45, 7) is 0. The van der Waals surface area contributed by atoms with Crippen LogP contribution in [0.25, 0.3) is 16.8 Å². The molecule has 0 aromatic heterocycles. The van der Waals surface area contributed by atoms with Crippen LogP contribution in [0.5, 0.6) is 5.75 Å². The van der Waals surface area contributed by atoms with Gasteiger partial charge in [-0.3, -0.25) is 10.1 Å². The van der Waals surface area contributed by atoms with Crippen LogP contribution >= 0.6 is 0 Å². The molecule has 0 saturated carbocycles. The van der Waals surface area contributed by atoms with E-state index in [0.717, 1.165) is 6.08 Å². The standard InChI is InChI=1S/C21H12F3NO5/c1-29-21(26)13-6-10-7-18(25(27)28)20(14-8-16(23)17(24)9-15(14)22)30-19(10)12-5-3-2-4-11(12)13/h2-9,20H,1H3. The molecule has 1 aliphatic heterocycles. The van der Waals surface area contributed by atoms with Crippen molar-refractivity contribution in [1.29, 1.82) is 0 Å². The van der Waals surface area contributed by atoms with E-state index in [9.17, 15) is 28.1 Å². The summed E-state index contributed by atoms with van der Waals surface area (Å²) in [5.74, 6) is -4.50. The number of esters is 1. The van der Waals surface area contributed by atoms with Crippen LogP contribution in [0.3, 0.4) is 0 Å². The Kier molecular flexibility index (Phi) is 4.65. The molecule has 152 valence electrons. The molecule has 30 heavy (non-hydrogen) atoms. The number of carbonyl (C=O) groups is 1. The van der Waals surface area contributed by atoms with Crippen LogP contribution < -0.4 is 4.74 Å². The Labute approximate surface area is 167 Å². The third-order valence-corrected chi connectivity index (χ3v) is 4.77. The number of nitrogens with zero attached hydrogens (tertiary/aromatic N) is 1. The van der Waals surface area contributed by atoms with Gasteiger partial charge in [0.1, 0.15) is 11.6 Å². The second kappa shape index (κ2) is 7.18. The summed E-state index contributed by atoms with van der Waals surface area (Å²) in [6, 6.07) is 8.78. The average Bonchev–Trinajstić information content (AvgIpc) is 2.74. The Morgan fingerprint density at radius 1 is 1.07 bits per heavy atom.